The van der Waals surface area contributed by atoms with Gasteiger partial charge in [0.25, 0.3) is 5.91 Å². The largest absolute Gasteiger partial charge is 0.503 e. The highest BCUT2D eigenvalue weighted by atomic mass is 19.2. The summed E-state index contributed by atoms with van der Waals surface area (Å²) >= 11 is 0. The molecule has 3 nitrogen and oxygen atoms in total. The molecule has 1 rings (SSSR count). The fourth-order valence-electron chi connectivity index (χ4n) is 1.29. The number of rotatable bonds is 4. The summed E-state index contributed by atoms with van der Waals surface area (Å²) in [6.07, 6.45) is 4.08. The topological polar surface area (TPSA) is 49.3 Å². The highest BCUT2D eigenvalue weighted by molar-refractivity contribution is 5.94. The van der Waals surface area contributed by atoms with Gasteiger partial charge in [0.15, 0.2) is 17.4 Å². The first kappa shape index (κ1) is 14.1. The Bertz CT molecular complexity index is 487. The molecule has 0 aliphatic heterocycles. The predicted molar refractivity (Wildman–Crippen MR) is 59.7 cm³/mol. The van der Waals surface area contributed by atoms with Crippen molar-refractivity contribution in [2.45, 2.75) is 13.3 Å². The fraction of sp³-hybridized carbons (Fsp3) is 0.250. The van der Waals surface area contributed by atoms with E-state index in [1.807, 2.05) is 0 Å². The number of aromatic hydroxyl groups is 1. The molecule has 0 radical (unpaired) electrons. The number of halogens is 3. The molecule has 0 aliphatic rings. The Hall–Kier alpha value is -1.98. The standard InChI is InChI=1S/C12H12F3NO2/c1-2-3-4-5-16-12(18)7-6-8(13)10(15)11(17)9(7)14/h2-3,6,17H,4-5H2,1H3,(H,16,18)/b3-2+. The summed E-state index contributed by atoms with van der Waals surface area (Å²) in [5.74, 6) is -7.07. The van der Waals surface area contributed by atoms with Crippen LogP contribution in [0.3, 0.4) is 0 Å². The molecule has 18 heavy (non-hydrogen) atoms. The molecule has 0 aromatic heterocycles. The quantitative estimate of drug-likeness (QED) is 0.496. The van der Waals surface area contributed by atoms with Gasteiger partial charge in [-0.2, -0.15) is 4.39 Å². The maximum atomic E-state index is 13.3. The number of hydrogen-bond acceptors (Lipinski definition) is 2. The van der Waals surface area contributed by atoms with Gasteiger partial charge in [0, 0.05) is 6.54 Å². The molecule has 0 heterocycles. The zero-order chi connectivity index (χ0) is 13.7. The van der Waals surface area contributed by atoms with Crippen LogP contribution < -0.4 is 5.32 Å². The van der Waals surface area contributed by atoms with Crippen molar-refractivity contribution in [2.75, 3.05) is 6.54 Å². The Morgan fingerprint density at radius 2 is 2.06 bits per heavy atom. The zero-order valence-electron chi connectivity index (χ0n) is 9.64. The summed E-state index contributed by atoms with van der Waals surface area (Å²) in [5, 5.41) is 11.3. The van der Waals surface area contributed by atoms with E-state index in [1.165, 1.54) is 0 Å². The van der Waals surface area contributed by atoms with E-state index in [1.54, 1.807) is 19.1 Å². The Morgan fingerprint density at radius 3 is 2.67 bits per heavy atom. The van der Waals surface area contributed by atoms with Gasteiger partial charge in [-0.1, -0.05) is 12.2 Å². The molecular weight excluding hydrogens is 247 g/mol. The minimum Gasteiger partial charge on any atom is -0.503 e. The van der Waals surface area contributed by atoms with Crippen LogP contribution >= 0.6 is 0 Å². The molecule has 6 heteroatoms. The normalized spacial score (nSPS) is 10.9. The van der Waals surface area contributed by atoms with Crippen LogP contribution in [-0.2, 0) is 0 Å². The van der Waals surface area contributed by atoms with Crippen molar-refractivity contribution in [2.24, 2.45) is 0 Å². The van der Waals surface area contributed by atoms with Crippen molar-refractivity contribution in [3.05, 3.63) is 41.2 Å². The lowest BCUT2D eigenvalue weighted by molar-refractivity contribution is 0.0948. The van der Waals surface area contributed by atoms with Gasteiger partial charge in [-0.25, -0.2) is 8.78 Å². The summed E-state index contributed by atoms with van der Waals surface area (Å²) in [6.45, 7) is 2.03. The van der Waals surface area contributed by atoms with Crippen molar-refractivity contribution in [1.29, 1.82) is 0 Å². The number of hydrogen-bond donors (Lipinski definition) is 2. The molecule has 0 fully saturated rings. The lowest BCUT2D eigenvalue weighted by Gasteiger charge is -2.07. The Kier molecular flexibility index (Phi) is 4.76. The molecule has 0 spiro atoms. The van der Waals surface area contributed by atoms with Crippen LogP contribution in [0.1, 0.15) is 23.7 Å². The highest BCUT2D eigenvalue weighted by Gasteiger charge is 2.21. The van der Waals surface area contributed by atoms with Crippen LogP contribution in [0.15, 0.2) is 18.2 Å². The third-order valence-corrected chi connectivity index (χ3v) is 2.21. The van der Waals surface area contributed by atoms with Crippen molar-refractivity contribution in [3.8, 4) is 5.75 Å². The lowest BCUT2D eigenvalue weighted by atomic mass is 10.1. The SMILES string of the molecule is C/C=C/CCNC(=O)c1cc(F)c(F)c(O)c1F. The van der Waals surface area contributed by atoms with Crippen LogP contribution in [0.2, 0.25) is 0 Å². The van der Waals surface area contributed by atoms with E-state index in [0.29, 0.717) is 12.5 Å². The van der Waals surface area contributed by atoms with Crippen molar-refractivity contribution in [3.63, 3.8) is 0 Å². The van der Waals surface area contributed by atoms with Gasteiger partial charge < -0.3 is 10.4 Å². The maximum Gasteiger partial charge on any atom is 0.254 e. The third kappa shape index (κ3) is 3.03. The molecule has 0 bridgehead atoms. The van der Waals surface area contributed by atoms with Gasteiger partial charge >= 0.3 is 0 Å². The van der Waals surface area contributed by atoms with Crippen LogP contribution in [0.5, 0.6) is 5.75 Å². The summed E-state index contributed by atoms with van der Waals surface area (Å²) in [6, 6.07) is 0.412. The Morgan fingerprint density at radius 1 is 1.39 bits per heavy atom. The first-order valence-electron chi connectivity index (χ1n) is 5.24. The average molecular weight is 259 g/mol. The molecule has 0 unspecified atom stereocenters. The summed E-state index contributed by atoms with van der Waals surface area (Å²) in [5.41, 5.74) is -0.730. The van der Waals surface area contributed by atoms with E-state index in [2.05, 4.69) is 5.32 Å². The zero-order valence-corrected chi connectivity index (χ0v) is 9.64. The molecule has 0 aliphatic carbocycles. The van der Waals surface area contributed by atoms with Crippen molar-refractivity contribution < 1.29 is 23.1 Å². The summed E-state index contributed by atoms with van der Waals surface area (Å²) in [7, 11) is 0. The number of phenols is 1. The smallest absolute Gasteiger partial charge is 0.254 e. The molecule has 1 aromatic rings. The second-order valence-electron chi connectivity index (χ2n) is 3.50. The van der Waals surface area contributed by atoms with Gasteiger partial charge in [0.2, 0.25) is 5.82 Å². The number of amides is 1. The van der Waals surface area contributed by atoms with Crippen molar-refractivity contribution >= 4 is 5.91 Å². The van der Waals surface area contributed by atoms with E-state index in [-0.39, 0.29) is 6.54 Å². The number of nitrogens with one attached hydrogen (secondary N) is 1. The Labute approximate surface area is 102 Å². The molecular formula is C12H12F3NO2. The van der Waals surface area contributed by atoms with E-state index >= 15 is 0 Å². The first-order chi connectivity index (χ1) is 8.49. The van der Waals surface area contributed by atoms with Crippen LogP contribution in [0.4, 0.5) is 13.2 Å². The molecule has 0 atom stereocenters. The number of allylic oxidation sites excluding steroid dienone is 1. The minimum atomic E-state index is -1.71. The molecule has 0 saturated heterocycles. The molecule has 1 amide bonds. The maximum absolute atomic E-state index is 13.3. The van der Waals surface area contributed by atoms with Crippen LogP contribution in [-0.4, -0.2) is 17.6 Å². The van der Waals surface area contributed by atoms with Gasteiger partial charge in [0.05, 0.1) is 5.56 Å². The van der Waals surface area contributed by atoms with Crippen molar-refractivity contribution in [1.82, 2.24) is 5.32 Å². The highest BCUT2D eigenvalue weighted by Crippen LogP contribution is 2.25. The molecule has 98 valence electrons. The monoisotopic (exact) mass is 259 g/mol. The van der Waals surface area contributed by atoms with E-state index in [9.17, 15) is 18.0 Å². The average Bonchev–Trinajstić information content (AvgIpc) is 2.36. The number of carbonyl (C=O) groups excluding carboxylic acids is 1. The first-order valence-corrected chi connectivity index (χ1v) is 5.24. The molecule has 0 saturated carbocycles. The summed E-state index contributed by atoms with van der Waals surface area (Å²) in [4.78, 5) is 11.5. The lowest BCUT2D eigenvalue weighted by Crippen LogP contribution is -2.25. The number of benzene rings is 1. The Balaban J connectivity index is 2.86. The molecule has 1 aromatic carbocycles. The van der Waals surface area contributed by atoms with Crippen LogP contribution in [0.25, 0.3) is 0 Å². The fourth-order valence-corrected chi connectivity index (χ4v) is 1.29. The minimum absolute atomic E-state index is 0.225. The van der Waals surface area contributed by atoms with Gasteiger partial charge in [0.1, 0.15) is 0 Å². The van der Waals surface area contributed by atoms with Gasteiger partial charge in [-0.15, -0.1) is 0 Å². The van der Waals surface area contributed by atoms with Crippen LogP contribution in [0, 0.1) is 17.5 Å². The van der Waals surface area contributed by atoms with E-state index in [0.717, 1.165) is 0 Å². The van der Waals surface area contributed by atoms with Gasteiger partial charge in [-0.3, -0.25) is 4.79 Å². The second-order valence-corrected chi connectivity index (χ2v) is 3.50. The molecule has 2 N–H and O–H groups in total. The second kappa shape index (κ2) is 6.09. The predicted octanol–water partition coefficient (Wildman–Crippen LogP) is 2.51. The summed E-state index contributed by atoms with van der Waals surface area (Å²) < 4.78 is 39.0. The van der Waals surface area contributed by atoms with E-state index < -0.39 is 34.7 Å². The van der Waals surface area contributed by atoms with Gasteiger partial charge in [-0.05, 0) is 19.4 Å². The number of phenolic OH excluding ortho intramolecular Hbond substituents is 1. The number of carbonyl (C=O) groups is 1. The van der Waals surface area contributed by atoms with E-state index in [4.69, 9.17) is 5.11 Å². The third-order valence-electron chi connectivity index (χ3n) is 2.21.